The molecule has 20 atom stereocenters. The first-order chi connectivity index (χ1) is 29.6. The molecule has 12 N–H and O–H groups in total. The van der Waals surface area contributed by atoms with Crippen LogP contribution < -0.4 is 10.6 Å². The average molecular weight is 1090 g/mol. The first-order valence-electron chi connectivity index (χ1n) is 20.8. The Morgan fingerprint density at radius 3 is 1.27 bits per heavy atom. The van der Waals surface area contributed by atoms with Crippen LogP contribution in [0.3, 0.4) is 0 Å². The van der Waals surface area contributed by atoms with Crippen molar-refractivity contribution in [2.45, 2.75) is 156 Å². The first kappa shape index (κ1) is 60.6. The number of aliphatic hydroxyl groups excluding tert-OH is 10. The van der Waals surface area contributed by atoms with Crippen molar-refractivity contribution in [3.63, 3.8) is 0 Å². The summed E-state index contributed by atoms with van der Waals surface area (Å²) in [7, 11) is 0. The van der Waals surface area contributed by atoms with E-state index in [4.69, 9.17) is 50.1 Å². The van der Waals surface area contributed by atoms with Crippen molar-refractivity contribution in [3.05, 3.63) is 39.4 Å². The van der Waals surface area contributed by atoms with Crippen molar-refractivity contribution in [1.82, 2.24) is 15.5 Å². The number of thiocarbonyl (C=S) groups is 1. The minimum Gasteiger partial charge on any atom is -0.552 e. The zero-order valence-corrected chi connectivity index (χ0v) is 42.6. The van der Waals surface area contributed by atoms with Crippen molar-refractivity contribution < 1.29 is 154 Å². The SMILES string of the molecule is C=[C-]NCN(CN[C-]=C)C(C)=S.[CH2-]C1O[C@H]2OC3C(CO)O[C@@H](OCCCCC1C(O)C2O)C(O)C3O.[CH2-]C1O[C@H]2OC3C(CO)O[C@@H](OCCCCC1C(O)C2O)C(O)C3O.[Y].[Y]. The van der Waals surface area contributed by atoms with Crippen LogP contribution in [0.5, 0.6) is 0 Å². The summed E-state index contributed by atoms with van der Waals surface area (Å²) >= 11 is 4.99. The normalized spacial score (nSPS) is 42.3. The summed E-state index contributed by atoms with van der Waals surface area (Å²) in [5, 5.41) is 107. The third-order valence-electron chi connectivity index (χ3n) is 11.6. The topological polar surface area (TPSA) is 303 Å². The molecule has 0 aromatic rings. The zero-order chi connectivity index (χ0) is 45.7. The van der Waals surface area contributed by atoms with Gasteiger partial charge in [-0.15, -0.1) is 0 Å². The second-order valence-electron chi connectivity index (χ2n) is 15.8. The number of aliphatic hydroxyl groups is 10. The fraction of sp³-hybridized carbons (Fsp3) is 0.825. The Morgan fingerprint density at radius 1 is 0.578 bits per heavy atom. The number of hydrogen-bond donors (Lipinski definition) is 12. The summed E-state index contributed by atoms with van der Waals surface area (Å²) in [5.74, 6) is -0.703. The number of nitrogens with one attached hydrogen (secondary N) is 2. The number of rotatable bonds is 8. The molecule has 12 fully saturated rings. The fourth-order valence-corrected chi connectivity index (χ4v) is 8.01. The molecule has 0 aromatic carbocycles. The Bertz CT molecular complexity index is 1270. The summed E-state index contributed by atoms with van der Waals surface area (Å²) < 4.78 is 44.3. The average Bonchev–Trinajstić information content (AvgIpc) is 3.25. The van der Waals surface area contributed by atoms with Crippen molar-refractivity contribution >= 4 is 17.2 Å². The van der Waals surface area contributed by atoms with Gasteiger partial charge in [-0.25, -0.2) is 0 Å². The summed E-state index contributed by atoms with van der Waals surface area (Å²) in [4.78, 5) is 2.69. The second kappa shape index (κ2) is 30.3. The Labute approximate surface area is 430 Å². The number of hydrogen-bond acceptors (Lipinski definition) is 21. The van der Waals surface area contributed by atoms with Gasteiger partial charge in [0.2, 0.25) is 0 Å². The second-order valence-corrected chi connectivity index (χ2v) is 16.4. The van der Waals surface area contributed by atoms with Crippen LogP contribution in [0.1, 0.15) is 45.4 Å². The largest absolute Gasteiger partial charge is 0.552 e. The van der Waals surface area contributed by atoms with Crippen molar-refractivity contribution in [2.24, 2.45) is 11.8 Å². The molecule has 12 aliphatic rings. The molecule has 64 heavy (non-hydrogen) atoms. The predicted molar refractivity (Wildman–Crippen MR) is 218 cm³/mol. The summed E-state index contributed by atoms with van der Waals surface area (Å²) in [6.45, 7) is 17.2. The van der Waals surface area contributed by atoms with Crippen molar-refractivity contribution in [2.75, 3.05) is 39.8 Å². The Kier molecular flexibility index (Phi) is 28.6. The van der Waals surface area contributed by atoms with Gasteiger partial charge in [0.15, 0.2) is 25.2 Å². The van der Waals surface area contributed by atoms with Gasteiger partial charge in [0, 0.05) is 78.6 Å². The molecule has 0 aliphatic carbocycles. The van der Waals surface area contributed by atoms with E-state index >= 15 is 0 Å². The molecule has 12 aliphatic heterocycles. The van der Waals surface area contributed by atoms with Crippen LogP contribution in [-0.4, -0.2) is 211 Å². The van der Waals surface area contributed by atoms with E-state index in [0.29, 0.717) is 51.9 Å². The van der Waals surface area contributed by atoms with E-state index in [2.05, 4.69) is 50.0 Å². The van der Waals surface area contributed by atoms with Gasteiger partial charge in [-0.2, -0.15) is 0 Å². The molecule has 0 amide bonds. The molecular weight excluding hydrogens is 1020 g/mol. The van der Waals surface area contributed by atoms with E-state index in [9.17, 15) is 51.1 Å². The zero-order valence-electron chi connectivity index (χ0n) is 36.1. The van der Waals surface area contributed by atoms with Gasteiger partial charge in [-0.1, -0.05) is 37.3 Å². The molecular formula is C40H67N3O18SY2-4. The molecule has 0 saturated carbocycles. The fourth-order valence-electron chi connectivity index (χ4n) is 7.89. The van der Waals surface area contributed by atoms with E-state index in [0.717, 1.165) is 4.99 Å². The van der Waals surface area contributed by atoms with Gasteiger partial charge in [0.25, 0.3) is 0 Å². The van der Waals surface area contributed by atoms with E-state index in [-0.39, 0.29) is 90.5 Å². The van der Waals surface area contributed by atoms with E-state index in [1.807, 2.05) is 11.8 Å². The molecule has 366 valence electrons. The number of ether oxygens (including phenoxy) is 8. The first-order valence-corrected chi connectivity index (χ1v) is 21.2. The van der Waals surface area contributed by atoms with Gasteiger partial charge in [0.05, 0.1) is 43.7 Å². The molecule has 12 heterocycles. The van der Waals surface area contributed by atoms with Crippen LogP contribution in [-0.2, 0) is 103 Å². The third-order valence-corrected chi connectivity index (χ3v) is 11.9. The van der Waals surface area contributed by atoms with Gasteiger partial charge >= 0.3 is 0 Å². The van der Waals surface area contributed by atoms with Crippen molar-refractivity contribution in [1.29, 1.82) is 0 Å². The molecule has 0 aromatic heterocycles. The van der Waals surface area contributed by atoms with Crippen LogP contribution in [0.25, 0.3) is 0 Å². The Morgan fingerprint density at radius 2 is 0.938 bits per heavy atom. The Hall–Kier alpha value is 0.458. The van der Waals surface area contributed by atoms with Gasteiger partial charge < -0.3 is 131 Å². The molecule has 2 radical (unpaired) electrons. The summed E-state index contributed by atoms with van der Waals surface area (Å²) in [6, 6.07) is 0. The van der Waals surface area contributed by atoms with E-state index in [1.165, 1.54) is 0 Å². The maximum Gasteiger partial charge on any atom is 0.186 e. The summed E-state index contributed by atoms with van der Waals surface area (Å²) in [6.07, 6.45) is -11.8. The molecule has 12 saturated heterocycles. The monoisotopic (exact) mass is 1090 g/mol. The Balaban J connectivity index is 0.000000346. The van der Waals surface area contributed by atoms with Gasteiger partial charge in [-0.3, -0.25) is 13.2 Å². The van der Waals surface area contributed by atoms with Crippen molar-refractivity contribution in [3.8, 4) is 0 Å². The maximum atomic E-state index is 10.4. The molecule has 12 rings (SSSR count). The molecule has 24 heteroatoms. The molecule has 21 nitrogen and oxygen atoms in total. The predicted octanol–water partition coefficient (Wildman–Crippen LogP) is -3.57. The third kappa shape index (κ3) is 16.3. The minimum absolute atomic E-state index is 0. The van der Waals surface area contributed by atoms with Crippen LogP contribution >= 0.6 is 12.2 Å². The number of nitrogens with zero attached hydrogens (tertiary/aromatic N) is 1. The summed E-state index contributed by atoms with van der Waals surface area (Å²) in [5.41, 5.74) is 0. The minimum atomic E-state index is -1.42. The smallest absolute Gasteiger partial charge is 0.186 e. The molecule has 0 spiro atoms. The maximum absolute atomic E-state index is 10.4. The van der Waals surface area contributed by atoms with Crippen LogP contribution in [0.2, 0.25) is 0 Å². The van der Waals surface area contributed by atoms with E-state index < -0.39 is 124 Å². The van der Waals surface area contributed by atoms with Gasteiger partial charge in [-0.05, 0) is 44.4 Å². The van der Waals surface area contributed by atoms with Crippen LogP contribution in [0.15, 0.2) is 13.2 Å². The molecule has 8 bridgehead atoms. The van der Waals surface area contributed by atoms with Gasteiger partial charge in [0.1, 0.15) is 61.0 Å². The van der Waals surface area contributed by atoms with Crippen LogP contribution in [0.4, 0.5) is 0 Å². The van der Waals surface area contributed by atoms with E-state index in [1.54, 1.807) is 0 Å². The molecule has 16 unspecified atom stereocenters. The standard InChI is InChI=1S/2C16H27O9.C8H13N3S.2Y/c2*1-7-8-4-2-3-5-22-15-13(21)11(19)14(9(6-17)24-15)25-16(23-7)12(20)10(8)18;1-4-9-6-11(8(3)12)7-10-5-2;;/h2*7-21H,1-6H2;9-10H,1-2,6-7H2,3H3;;/q2*-1;-2;;/t2*7?,8?,9?,10?,11?,12?,13?,14?,15-,16+;;;/m11.../s1. The quantitative estimate of drug-likeness (QED) is 0.0485. The van der Waals surface area contributed by atoms with Crippen LogP contribution in [0, 0.1) is 38.1 Å².